The minimum absolute atomic E-state index is 0.333. The van der Waals surface area contributed by atoms with Crippen molar-refractivity contribution in [3.8, 4) is 0 Å². The molecule has 0 unspecified atom stereocenters. The molecule has 0 atom stereocenters. The second-order valence-electron chi connectivity index (χ2n) is 2.17. The van der Waals surface area contributed by atoms with E-state index >= 15 is 0 Å². The van der Waals surface area contributed by atoms with Crippen molar-refractivity contribution in [2.75, 3.05) is 6.26 Å². The molecule has 11 heavy (non-hydrogen) atoms. The van der Waals surface area contributed by atoms with Gasteiger partial charge in [0.25, 0.3) is 0 Å². The van der Waals surface area contributed by atoms with Crippen LogP contribution in [0.5, 0.6) is 0 Å². The summed E-state index contributed by atoms with van der Waals surface area (Å²) in [5.41, 5.74) is 0.428. The van der Waals surface area contributed by atoms with Crippen LogP contribution in [-0.2, 0) is 5.75 Å². The minimum Gasteiger partial charge on any atom is -0.207 e. The minimum atomic E-state index is -0.379. The fourth-order valence-corrected chi connectivity index (χ4v) is 1.34. The number of halogens is 2. The van der Waals surface area contributed by atoms with E-state index in [0.717, 1.165) is 12.1 Å². The summed E-state index contributed by atoms with van der Waals surface area (Å²) >= 11 is 1.47. The van der Waals surface area contributed by atoms with E-state index < -0.39 is 0 Å². The lowest BCUT2D eigenvalue weighted by Gasteiger charge is -1.99. The topological polar surface area (TPSA) is 0 Å². The molecule has 60 valence electrons. The summed E-state index contributed by atoms with van der Waals surface area (Å²) in [6.45, 7) is 0. The van der Waals surface area contributed by atoms with Crippen molar-refractivity contribution in [2.24, 2.45) is 0 Å². The second kappa shape index (κ2) is 3.72. The summed E-state index contributed by atoms with van der Waals surface area (Å²) in [6.07, 6.45) is 1.85. The van der Waals surface area contributed by atoms with Crippen molar-refractivity contribution in [3.63, 3.8) is 0 Å². The zero-order valence-corrected chi connectivity index (χ0v) is 6.92. The lowest BCUT2D eigenvalue weighted by molar-refractivity contribution is 0.591. The van der Waals surface area contributed by atoms with E-state index in [2.05, 4.69) is 0 Å². The van der Waals surface area contributed by atoms with Gasteiger partial charge in [0.2, 0.25) is 0 Å². The summed E-state index contributed by atoms with van der Waals surface area (Å²) in [7, 11) is 0. The number of hydrogen-bond acceptors (Lipinski definition) is 1. The van der Waals surface area contributed by atoms with E-state index in [9.17, 15) is 8.78 Å². The first-order valence-electron chi connectivity index (χ1n) is 3.17. The molecule has 1 rings (SSSR count). The normalized spacial score (nSPS) is 10.1. The molecule has 3 heteroatoms. The molecular weight excluding hydrogens is 166 g/mol. The first kappa shape index (κ1) is 8.53. The first-order chi connectivity index (χ1) is 5.24. The highest BCUT2D eigenvalue weighted by Crippen LogP contribution is 2.14. The molecule has 0 aliphatic heterocycles. The highest BCUT2D eigenvalue weighted by molar-refractivity contribution is 7.97. The summed E-state index contributed by atoms with van der Waals surface area (Å²) in [4.78, 5) is 0. The van der Waals surface area contributed by atoms with E-state index in [1.807, 2.05) is 6.26 Å². The van der Waals surface area contributed by atoms with Crippen LogP contribution >= 0.6 is 11.8 Å². The number of benzene rings is 1. The van der Waals surface area contributed by atoms with Gasteiger partial charge >= 0.3 is 0 Å². The van der Waals surface area contributed by atoms with Gasteiger partial charge < -0.3 is 0 Å². The molecule has 0 fully saturated rings. The Morgan fingerprint density at radius 2 is 2.09 bits per heavy atom. The van der Waals surface area contributed by atoms with E-state index in [0.29, 0.717) is 11.3 Å². The van der Waals surface area contributed by atoms with Gasteiger partial charge in [-0.1, -0.05) is 0 Å². The van der Waals surface area contributed by atoms with Crippen LogP contribution in [0.1, 0.15) is 5.56 Å². The molecule has 0 aromatic heterocycles. The van der Waals surface area contributed by atoms with E-state index in [-0.39, 0.29) is 11.6 Å². The smallest absolute Gasteiger partial charge is 0.127 e. The molecule has 0 nitrogen and oxygen atoms in total. The Morgan fingerprint density at radius 1 is 1.36 bits per heavy atom. The number of rotatable bonds is 2. The largest absolute Gasteiger partial charge is 0.207 e. The molecule has 0 saturated heterocycles. The van der Waals surface area contributed by atoms with Gasteiger partial charge in [0.15, 0.2) is 0 Å². The standard InChI is InChI=1S/C8H8F2S/c1-11-5-6-4-7(9)2-3-8(6)10/h2-4H,5H2,1H3. The molecule has 0 heterocycles. The Hall–Kier alpha value is -0.570. The average Bonchev–Trinajstić information content (AvgIpc) is 1.98. The molecule has 1 aromatic rings. The highest BCUT2D eigenvalue weighted by atomic mass is 32.2. The zero-order valence-electron chi connectivity index (χ0n) is 6.10. The average molecular weight is 174 g/mol. The molecule has 0 aliphatic rings. The van der Waals surface area contributed by atoms with Gasteiger partial charge in [0, 0.05) is 11.3 Å². The Kier molecular flexibility index (Phi) is 2.88. The molecule has 1 aromatic carbocycles. The monoisotopic (exact) mass is 174 g/mol. The fraction of sp³-hybridized carbons (Fsp3) is 0.250. The molecule has 0 radical (unpaired) electrons. The van der Waals surface area contributed by atoms with E-state index in [4.69, 9.17) is 0 Å². The van der Waals surface area contributed by atoms with Crippen molar-refractivity contribution >= 4 is 11.8 Å². The van der Waals surface area contributed by atoms with Crippen molar-refractivity contribution in [2.45, 2.75) is 5.75 Å². The molecular formula is C8H8F2S. The van der Waals surface area contributed by atoms with Crippen molar-refractivity contribution in [1.82, 2.24) is 0 Å². The Morgan fingerprint density at radius 3 is 2.73 bits per heavy atom. The predicted molar refractivity (Wildman–Crippen MR) is 43.6 cm³/mol. The summed E-state index contributed by atoms with van der Waals surface area (Å²) in [5, 5.41) is 0. The SMILES string of the molecule is CSCc1cc(F)ccc1F. The summed E-state index contributed by atoms with van der Waals surface area (Å²) in [6, 6.07) is 3.51. The van der Waals surface area contributed by atoms with Crippen LogP contribution in [0.4, 0.5) is 8.78 Å². The highest BCUT2D eigenvalue weighted by Gasteiger charge is 2.01. The summed E-state index contributed by atoms with van der Waals surface area (Å²) in [5.74, 6) is -0.194. The number of thioether (sulfide) groups is 1. The zero-order chi connectivity index (χ0) is 8.27. The van der Waals surface area contributed by atoms with Crippen molar-refractivity contribution < 1.29 is 8.78 Å². The molecule has 0 bridgehead atoms. The third-order valence-corrected chi connectivity index (χ3v) is 1.91. The van der Waals surface area contributed by atoms with Crippen LogP contribution in [0.2, 0.25) is 0 Å². The maximum absolute atomic E-state index is 12.8. The van der Waals surface area contributed by atoms with Crippen LogP contribution in [-0.4, -0.2) is 6.26 Å². The summed E-state index contributed by atoms with van der Waals surface area (Å²) < 4.78 is 25.3. The molecule has 0 N–H and O–H groups in total. The van der Waals surface area contributed by atoms with Gasteiger partial charge in [-0.2, -0.15) is 11.8 Å². The van der Waals surface area contributed by atoms with Crippen LogP contribution < -0.4 is 0 Å². The number of hydrogen-bond donors (Lipinski definition) is 0. The third kappa shape index (κ3) is 2.19. The fourth-order valence-electron chi connectivity index (χ4n) is 0.809. The third-order valence-electron chi connectivity index (χ3n) is 1.31. The maximum atomic E-state index is 12.8. The van der Waals surface area contributed by atoms with Gasteiger partial charge in [0.1, 0.15) is 11.6 Å². The Bertz CT molecular complexity index is 248. The van der Waals surface area contributed by atoms with Gasteiger partial charge in [-0.25, -0.2) is 8.78 Å². The lowest BCUT2D eigenvalue weighted by atomic mass is 10.2. The van der Waals surface area contributed by atoms with Crippen LogP contribution in [0.25, 0.3) is 0 Å². The van der Waals surface area contributed by atoms with Gasteiger partial charge in [-0.05, 0) is 24.5 Å². The second-order valence-corrected chi connectivity index (χ2v) is 3.03. The van der Waals surface area contributed by atoms with E-state index in [1.54, 1.807) is 0 Å². The van der Waals surface area contributed by atoms with Crippen LogP contribution in [0.15, 0.2) is 18.2 Å². The van der Waals surface area contributed by atoms with Crippen LogP contribution in [0.3, 0.4) is 0 Å². The Labute approximate surface area is 68.6 Å². The van der Waals surface area contributed by atoms with E-state index in [1.165, 1.54) is 17.8 Å². The lowest BCUT2D eigenvalue weighted by Crippen LogP contribution is -1.88. The predicted octanol–water partition coefficient (Wildman–Crippen LogP) is 2.83. The van der Waals surface area contributed by atoms with Crippen molar-refractivity contribution in [1.29, 1.82) is 0 Å². The Balaban J connectivity index is 2.93. The molecule has 0 saturated carbocycles. The van der Waals surface area contributed by atoms with Crippen molar-refractivity contribution in [3.05, 3.63) is 35.4 Å². The maximum Gasteiger partial charge on any atom is 0.127 e. The van der Waals surface area contributed by atoms with Crippen LogP contribution in [0, 0.1) is 11.6 Å². The molecule has 0 aliphatic carbocycles. The molecule has 0 spiro atoms. The first-order valence-corrected chi connectivity index (χ1v) is 4.56. The quantitative estimate of drug-likeness (QED) is 0.664. The molecule has 0 amide bonds. The van der Waals surface area contributed by atoms with Gasteiger partial charge in [-0.15, -0.1) is 0 Å². The van der Waals surface area contributed by atoms with Gasteiger partial charge in [-0.3, -0.25) is 0 Å². The van der Waals surface area contributed by atoms with Gasteiger partial charge in [0.05, 0.1) is 0 Å².